The lowest BCUT2D eigenvalue weighted by Crippen LogP contribution is -2.35. The Labute approximate surface area is 172 Å². The molecule has 3 aromatic rings. The molecular weight excluding hydrogens is 362 g/mol. The van der Waals surface area contributed by atoms with Gasteiger partial charge >= 0.3 is 0 Å². The average Bonchev–Trinajstić information content (AvgIpc) is 2.92. The molecular formula is C24H29N3O2. The van der Waals surface area contributed by atoms with Crippen molar-refractivity contribution in [2.45, 2.75) is 52.2 Å². The molecule has 0 aliphatic carbocycles. The minimum atomic E-state index is 0.170. The number of carbonyl (C=O) groups excluding carboxylic acids is 1. The van der Waals surface area contributed by atoms with Gasteiger partial charge in [-0.05, 0) is 49.1 Å². The van der Waals surface area contributed by atoms with E-state index in [2.05, 4.69) is 19.1 Å². The molecule has 2 aromatic carbocycles. The van der Waals surface area contributed by atoms with Crippen molar-refractivity contribution >= 4 is 16.9 Å². The fourth-order valence-electron chi connectivity index (χ4n) is 3.94. The van der Waals surface area contributed by atoms with Gasteiger partial charge in [-0.15, -0.1) is 0 Å². The molecule has 4 rings (SSSR count). The highest BCUT2D eigenvalue weighted by molar-refractivity contribution is 5.81. The number of fused-ring (bicyclic) bond motifs is 1. The van der Waals surface area contributed by atoms with Gasteiger partial charge in [0.15, 0.2) is 0 Å². The second-order valence-corrected chi connectivity index (χ2v) is 7.68. The number of imidazole rings is 1. The van der Waals surface area contributed by atoms with Crippen molar-refractivity contribution in [2.75, 3.05) is 13.1 Å². The maximum atomic E-state index is 13.0. The molecule has 1 aliphatic rings. The van der Waals surface area contributed by atoms with E-state index < -0.39 is 0 Å². The van der Waals surface area contributed by atoms with Gasteiger partial charge < -0.3 is 14.2 Å². The first kappa shape index (κ1) is 19.5. The minimum Gasteiger partial charge on any atom is -0.486 e. The van der Waals surface area contributed by atoms with Crippen LogP contribution in [0.15, 0.2) is 48.5 Å². The molecule has 1 saturated heterocycles. The van der Waals surface area contributed by atoms with E-state index in [9.17, 15) is 4.79 Å². The van der Waals surface area contributed by atoms with Gasteiger partial charge in [0, 0.05) is 13.1 Å². The van der Waals surface area contributed by atoms with Crippen LogP contribution in [0.5, 0.6) is 5.75 Å². The highest BCUT2D eigenvalue weighted by Crippen LogP contribution is 2.20. The molecule has 1 aromatic heterocycles. The van der Waals surface area contributed by atoms with Crippen LogP contribution in [-0.2, 0) is 24.4 Å². The number of aromatic nitrogens is 2. The molecule has 1 aliphatic heterocycles. The molecule has 0 N–H and O–H groups in total. The number of hydrogen-bond donors (Lipinski definition) is 0. The monoisotopic (exact) mass is 391 g/mol. The van der Waals surface area contributed by atoms with E-state index in [4.69, 9.17) is 9.72 Å². The van der Waals surface area contributed by atoms with Gasteiger partial charge in [-0.25, -0.2) is 4.98 Å². The van der Waals surface area contributed by atoms with Crippen molar-refractivity contribution < 1.29 is 9.53 Å². The van der Waals surface area contributed by atoms with E-state index in [0.29, 0.717) is 13.2 Å². The molecule has 2 heterocycles. The van der Waals surface area contributed by atoms with Crippen molar-refractivity contribution in [3.8, 4) is 5.75 Å². The smallest absolute Gasteiger partial charge is 0.242 e. The summed E-state index contributed by atoms with van der Waals surface area (Å²) >= 11 is 0. The number of rotatable bonds is 6. The van der Waals surface area contributed by atoms with Gasteiger partial charge in [0.1, 0.15) is 24.7 Å². The van der Waals surface area contributed by atoms with Crippen LogP contribution in [0, 0.1) is 0 Å². The number of aryl methyl sites for hydroxylation is 1. The number of carbonyl (C=O) groups is 1. The molecule has 1 amide bonds. The zero-order valence-corrected chi connectivity index (χ0v) is 17.1. The van der Waals surface area contributed by atoms with E-state index in [1.54, 1.807) is 0 Å². The third kappa shape index (κ3) is 4.61. The summed E-state index contributed by atoms with van der Waals surface area (Å²) in [4.78, 5) is 19.8. The van der Waals surface area contributed by atoms with Crippen molar-refractivity contribution in [1.82, 2.24) is 14.5 Å². The van der Waals surface area contributed by atoms with Crippen LogP contribution in [0.25, 0.3) is 11.0 Å². The summed E-state index contributed by atoms with van der Waals surface area (Å²) < 4.78 is 8.02. The second kappa shape index (κ2) is 9.12. The third-order valence-corrected chi connectivity index (χ3v) is 5.69. The Bertz CT molecular complexity index is 954. The van der Waals surface area contributed by atoms with Gasteiger partial charge in [0.2, 0.25) is 5.91 Å². The van der Waals surface area contributed by atoms with Crippen LogP contribution in [0.4, 0.5) is 0 Å². The molecule has 1 fully saturated rings. The predicted octanol–water partition coefficient (Wildman–Crippen LogP) is 4.58. The molecule has 5 nitrogen and oxygen atoms in total. The Hall–Kier alpha value is -2.82. The van der Waals surface area contributed by atoms with Crippen molar-refractivity contribution in [3.63, 3.8) is 0 Å². The molecule has 0 unspecified atom stereocenters. The molecule has 5 heteroatoms. The van der Waals surface area contributed by atoms with Crippen LogP contribution in [0.1, 0.15) is 44.0 Å². The first-order chi connectivity index (χ1) is 14.2. The lowest BCUT2D eigenvalue weighted by molar-refractivity contribution is -0.131. The highest BCUT2D eigenvalue weighted by Gasteiger charge is 2.19. The van der Waals surface area contributed by atoms with Gasteiger partial charge in [0.25, 0.3) is 0 Å². The summed E-state index contributed by atoms with van der Waals surface area (Å²) in [5, 5.41) is 0. The number of benzene rings is 2. The number of amides is 1. The van der Waals surface area contributed by atoms with E-state index in [0.717, 1.165) is 55.0 Å². The summed E-state index contributed by atoms with van der Waals surface area (Å²) in [6.45, 7) is 4.52. The molecule has 29 heavy (non-hydrogen) atoms. The molecule has 0 radical (unpaired) electrons. The summed E-state index contributed by atoms with van der Waals surface area (Å²) in [5.41, 5.74) is 3.17. The van der Waals surface area contributed by atoms with Crippen molar-refractivity contribution in [3.05, 3.63) is 59.9 Å². The Morgan fingerprint density at radius 1 is 1.00 bits per heavy atom. The number of para-hydroxylation sites is 2. The third-order valence-electron chi connectivity index (χ3n) is 5.69. The average molecular weight is 392 g/mol. The number of hydrogen-bond acceptors (Lipinski definition) is 3. The van der Waals surface area contributed by atoms with Crippen molar-refractivity contribution in [1.29, 1.82) is 0 Å². The zero-order chi connectivity index (χ0) is 20.1. The molecule has 0 atom stereocenters. The normalized spacial score (nSPS) is 14.7. The fraction of sp³-hybridized carbons (Fsp3) is 0.417. The largest absolute Gasteiger partial charge is 0.486 e. The number of likely N-dealkylation sites (tertiary alicyclic amines) is 1. The summed E-state index contributed by atoms with van der Waals surface area (Å²) in [5.74, 6) is 1.78. The van der Waals surface area contributed by atoms with Crippen LogP contribution in [0.2, 0.25) is 0 Å². The predicted molar refractivity (Wildman–Crippen MR) is 115 cm³/mol. The van der Waals surface area contributed by atoms with E-state index in [1.165, 1.54) is 18.4 Å². The summed E-state index contributed by atoms with van der Waals surface area (Å²) in [6, 6.07) is 16.1. The SMILES string of the molecule is CCc1ccc(OCc2nc3ccccc3n2CC(=O)N2CCCCCC2)cc1. The number of ether oxygens (including phenoxy) is 1. The first-order valence-corrected chi connectivity index (χ1v) is 10.7. The molecule has 0 bridgehead atoms. The standard InChI is InChI=1S/C24H29N3O2/c1-2-19-11-13-20(14-12-19)29-18-23-25-21-9-5-6-10-22(21)27(23)17-24(28)26-15-7-3-4-8-16-26/h5-6,9-14H,2-4,7-8,15-18H2,1H3. The summed E-state index contributed by atoms with van der Waals surface area (Å²) in [6.07, 6.45) is 5.64. The minimum absolute atomic E-state index is 0.170. The van der Waals surface area contributed by atoms with Gasteiger partial charge in [0.05, 0.1) is 11.0 Å². The maximum Gasteiger partial charge on any atom is 0.242 e. The van der Waals surface area contributed by atoms with Crippen LogP contribution in [0.3, 0.4) is 0 Å². The maximum absolute atomic E-state index is 13.0. The quantitative estimate of drug-likeness (QED) is 0.618. The van der Waals surface area contributed by atoms with E-state index in [-0.39, 0.29) is 5.91 Å². The van der Waals surface area contributed by atoms with Gasteiger partial charge in [-0.2, -0.15) is 0 Å². The summed E-state index contributed by atoms with van der Waals surface area (Å²) in [7, 11) is 0. The Kier molecular flexibility index (Phi) is 6.13. The van der Waals surface area contributed by atoms with E-state index >= 15 is 0 Å². The van der Waals surface area contributed by atoms with Crippen LogP contribution < -0.4 is 4.74 Å². The lowest BCUT2D eigenvalue weighted by atomic mass is 10.2. The number of nitrogens with zero attached hydrogens (tertiary/aromatic N) is 3. The highest BCUT2D eigenvalue weighted by atomic mass is 16.5. The van der Waals surface area contributed by atoms with E-state index in [1.807, 2.05) is 45.9 Å². The molecule has 152 valence electrons. The van der Waals surface area contributed by atoms with Crippen LogP contribution in [-0.4, -0.2) is 33.4 Å². The lowest BCUT2D eigenvalue weighted by Gasteiger charge is -2.21. The zero-order valence-electron chi connectivity index (χ0n) is 17.1. The molecule has 0 saturated carbocycles. The fourth-order valence-corrected chi connectivity index (χ4v) is 3.94. The second-order valence-electron chi connectivity index (χ2n) is 7.68. The Morgan fingerprint density at radius 2 is 1.72 bits per heavy atom. The Morgan fingerprint density at radius 3 is 2.45 bits per heavy atom. The first-order valence-electron chi connectivity index (χ1n) is 10.7. The molecule has 0 spiro atoms. The van der Waals surface area contributed by atoms with Crippen LogP contribution >= 0.6 is 0 Å². The topological polar surface area (TPSA) is 47.4 Å². The Balaban J connectivity index is 1.54. The van der Waals surface area contributed by atoms with Crippen molar-refractivity contribution in [2.24, 2.45) is 0 Å². The van der Waals surface area contributed by atoms with Gasteiger partial charge in [-0.1, -0.05) is 44.0 Å². The van der Waals surface area contributed by atoms with Gasteiger partial charge in [-0.3, -0.25) is 4.79 Å².